The minimum atomic E-state index is -1.84. The van der Waals surface area contributed by atoms with Crippen LogP contribution < -0.4 is 0 Å². The summed E-state index contributed by atoms with van der Waals surface area (Å²) in [7, 11) is 12.1. The first-order valence-corrected chi connectivity index (χ1v) is 9.19. The second-order valence-corrected chi connectivity index (χ2v) is 9.30. The van der Waals surface area contributed by atoms with E-state index in [0.717, 1.165) is 0 Å². The van der Waals surface area contributed by atoms with Gasteiger partial charge < -0.3 is 0 Å². The summed E-state index contributed by atoms with van der Waals surface area (Å²) in [6.45, 7) is 8.61. The van der Waals surface area contributed by atoms with Crippen LogP contribution in [0.5, 0.6) is 0 Å². The molecule has 0 fully saturated rings. The maximum absolute atomic E-state index is 6.07. The van der Waals surface area contributed by atoms with Crippen LogP contribution in [-0.4, -0.2) is 0 Å². The molecule has 0 radical (unpaired) electrons. The van der Waals surface area contributed by atoms with Crippen LogP contribution in [-0.2, 0) is 15.7 Å². The van der Waals surface area contributed by atoms with Gasteiger partial charge in [-0.05, 0) is 0 Å². The Bertz CT molecular complexity index is 240. The predicted molar refractivity (Wildman–Crippen MR) is 52.2 cm³/mol. The van der Waals surface area contributed by atoms with E-state index in [1.807, 2.05) is 0 Å². The van der Waals surface area contributed by atoms with Crippen LogP contribution in [0.3, 0.4) is 0 Å². The van der Waals surface area contributed by atoms with Crippen LogP contribution in [0.15, 0.2) is 22.3 Å². The zero-order valence-corrected chi connectivity index (χ0v) is 10.9. The summed E-state index contributed by atoms with van der Waals surface area (Å²) >= 11 is -1.84. The summed E-state index contributed by atoms with van der Waals surface area (Å²) in [5.74, 6) is 0. The van der Waals surface area contributed by atoms with E-state index in [-0.39, 0.29) is 0 Å². The fourth-order valence-corrected chi connectivity index (χ4v) is 6.07. The van der Waals surface area contributed by atoms with Gasteiger partial charge in [-0.15, -0.1) is 0 Å². The third-order valence-corrected chi connectivity index (χ3v) is 6.66. The van der Waals surface area contributed by atoms with Crippen LogP contribution in [0.2, 0.25) is 4.22 Å². The fourth-order valence-electron chi connectivity index (χ4n) is 1.68. The van der Waals surface area contributed by atoms with Gasteiger partial charge in [-0.25, -0.2) is 0 Å². The molecule has 1 aliphatic rings. The van der Waals surface area contributed by atoms with E-state index in [4.69, 9.17) is 18.6 Å². The van der Waals surface area contributed by atoms with Gasteiger partial charge in [0.2, 0.25) is 0 Å². The summed E-state index contributed by atoms with van der Waals surface area (Å²) in [4.78, 5) is 0. The van der Waals surface area contributed by atoms with Crippen molar-refractivity contribution >= 4 is 18.6 Å². The quantitative estimate of drug-likeness (QED) is 0.596. The van der Waals surface area contributed by atoms with Crippen molar-refractivity contribution in [2.24, 2.45) is 0 Å². The van der Waals surface area contributed by atoms with Gasteiger partial charge >= 0.3 is 88.6 Å². The molecule has 0 aromatic rings. The van der Waals surface area contributed by atoms with Crippen molar-refractivity contribution in [3.8, 4) is 0 Å². The first-order chi connectivity index (χ1) is 5.46. The second-order valence-electron chi connectivity index (χ2n) is 3.34. The molecule has 0 unspecified atom stereocenters. The van der Waals surface area contributed by atoms with Crippen molar-refractivity contribution in [1.82, 2.24) is 0 Å². The SMILES string of the molecule is CC1=C(C)[CH]([Ti]([Cl])[Cl])C(C)=C1C. The fraction of sp³-hybridized carbons (Fsp3) is 0.556. The van der Waals surface area contributed by atoms with Gasteiger partial charge in [-0.1, -0.05) is 0 Å². The Balaban J connectivity index is 3.08. The molecular weight excluding hydrogens is 227 g/mol. The molecule has 67 valence electrons. The van der Waals surface area contributed by atoms with E-state index in [0.29, 0.717) is 4.22 Å². The first-order valence-electron chi connectivity index (χ1n) is 3.99. The predicted octanol–water partition coefficient (Wildman–Crippen LogP) is 4.39. The minimum absolute atomic E-state index is 0.410. The van der Waals surface area contributed by atoms with E-state index < -0.39 is 15.7 Å². The second kappa shape index (κ2) is 3.88. The van der Waals surface area contributed by atoms with Gasteiger partial charge in [0.05, 0.1) is 0 Å². The van der Waals surface area contributed by atoms with Crippen LogP contribution in [0.1, 0.15) is 27.7 Å². The molecule has 12 heavy (non-hydrogen) atoms. The third kappa shape index (κ3) is 1.68. The molecule has 0 aliphatic heterocycles. The Labute approximate surface area is 88.2 Å². The molecule has 0 spiro atoms. The van der Waals surface area contributed by atoms with Gasteiger partial charge in [-0.2, -0.15) is 0 Å². The summed E-state index contributed by atoms with van der Waals surface area (Å²) in [6, 6.07) is 0. The Kier molecular flexibility index (Phi) is 3.51. The Hall–Kier alpha value is 0.774. The molecule has 0 bridgehead atoms. The Morgan fingerprint density at radius 2 is 1.25 bits per heavy atom. The van der Waals surface area contributed by atoms with E-state index in [1.54, 1.807) is 0 Å². The molecule has 0 nitrogen and oxygen atoms in total. The van der Waals surface area contributed by atoms with Crippen molar-refractivity contribution in [2.75, 3.05) is 0 Å². The van der Waals surface area contributed by atoms with Gasteiger partial charge in [-0.3, -0.25) is 0 Å². The van der Waals surface area contributed by atoms with Crippen LogP contribution in [0.4, 0.5) is 0 Å². The molecule has 0 aromatic heterocycles. The molecule has 0 N–H and O–H groups in total. The van der Waals surface area contributed by atoms with Gasteiger partial charge in [0, 0.05) is 0 Å². The Morgan fingerprint density at radius 3 is 1.42 bits per heavy atom. The van der Waals surface area contributed by atoms with Crippen LogP contribution in [0, 0.1) is 0 Å². The monoisotopic (exact) mass is 239 g/mol. The average Bonchev–Trinajstić information content (AvgIpc) is 2.16. The van der Waals surface area contributed by atoms with E-state index >= 15 is 0 Å². The van der Waals surface area contributed by atoms with Crippen molar-refractivity contribution in [2.45, 2.75) is 31.9 Å². The van der Waals surface area contributed by atoms with E-state index in [9.17, 15) is 0 Å². The van der Waals surface area contributed by atoms with Gasteiger partial charge in [0.15, 0.2) is 0 Å². The van der Waals surface area contributed by atoms with Gasteiger partial charge in [0.25, 0.3) is 0 Å². The van der Waals surface area contributed by atoms with E-state index in [2.05, 4.69) is 27.7 Å². The molecule has 0 saturated heterocycles. The maximum atomic E-state index is 6.07. The zero-order valence-electron chi connectivity index (χ0n) is 7.83. The number of hydrogen-bond donors (Lipinski definition) is 0. The molecule has 1 rings (SSSR count). The van der Waals surface area contributed by atoms with Crippen LogP contribution >= 0.6 is 18.6 Å². The number of rotatable bonds is 1. The van der Waals surface area contributed by atoms with Crippen molar-refractivity contribution in [3.05, 3.63) is 22.3 Å². The average molecular weight is 240 g/mol. The molecular formula is C9H13Cl2Ti. The standard InChI is InChI=1S/C9H13.2ClH.Ti/c1-6-5-7(2)9(4)8(6)3;;;/h5H,1-4H3;2*1H;/q;;;+2/p-2. The summed E-state index contributed by atoms with van der Waals surface area (Å²) in [5.41, 5.74) is 5.57. The van der Waals surface area contributed by atoms with Crippen molar-refractivity contribution in [3.63, 3.8) is 0 Å². The summed E-state index contributed by atoms with van der Waals surface area (Å²) in [5, 5.41) is 0. The van der Waals surface area contributed by atoms with Gasteiger partial charge in [0.1, 0.15) is 0 Å². The zero-order chi connectivity index (χ0) is 9.46. The summed E-state index contributed by atoms with van der Waals surface area (Å²) in [6.07, 6.45) is 0. The normalized spacial score (nSPS) is 19.5. The third-order valence-electron chi connectivity index (χ3n) is 2.83. The molecule has 0 saturated carbocycles. The van der Waals surface area contributed by atoms with Crippen molar-refractivity contribution < 1.29 is 15.7 Å². The molecule has 1 aliphatic carbocycles. The topological polar surface area (TPSA) is 0 Å². The molecule has 0 aromatic carbocycles. The van der Waals surface area contributed by atoms with E-state index in [1.165, 1.54) is 22.3 Å². The summed E-state index contributed by atoms with van der Waals surface area (Å²) < 4.78 is 0.410. The molecule has 0 amide bonds. The number of hydrogen-bond acceptors (Lipinski definition) is 0. The number of halogens is 2. The molecule has 0 heterocycles. The van der Waals surface area contributed by atoms with Crippen LogP contribution in [0.25, 0.3) is 0 Å². The van der Waals surface area contributed by atoms with Crippen molar-refractivity contribution in [1.29, 1.82) is 0 Å². The number of allylic oxidation sites excluding steroid dienone is 4. The first kappa shape index (κ1) is 10.9. The Morgan fingerprint density at radius 1 is 0.917 bits per heavy atom. The molecule has 3 heteroatoms. The molecule has 0 atom stereocenters.